The first-order valence-corrected chi connectivity index (χ1v) is 12.0. The normalized spacial score (nSPS) is 11.0. The number of para-hydroxylation sites is 2. The van der Waals surface area contributed by atoms with Crippen LogP contribution in [0.25, 0.3) is 16.7 Å². The van der Waals surface area contributed by atoms with Crippen molar-refractivity contribution >= 4 is 22.7 Å². The highest BCUT2D eigenvalue weighted by atomic mass is 32.2. The van der Waals surface area contributed by atoms with Crippen LogP contribution in [0.1, 0.15) is 17.0 Å². The molecule has 5 aromatic rings. The van der Waals surface area contributed by atoms with E-state index in [1.807, 2.05) is 78.2 Å². The maximum Gasteiger partial charge on any atom is 0.336 e. The zero-order valence-electron chi connectivity index (χ0n) is 19.3. The minimum atomic E-state index is -0.404. The molecule has 0 radical (unpaired) electrons. The Kier molecular flexibility index (Phi) is 6.54. The molecule has 0 saturated heterocycles. The van der Waals surface area contributed by atoms with E-state index in [4.69, 9.17) is 13.9 Å². The molecule has 35 heavy (non-hydrogen) atoms. The Hall–Kier alpha value is -4.04. The van der Waals surface area contributed by atoms with Crippen LogP contribution in [-0.4, -0.2) is 21.9 Å². The first kappa shape index (κ1) is 22.7. The molecule has 0 aliphatic rings. The van der Waals surface area contributed by atoms with E-state index in [2.05, 4.69) is 10.2 Å². The Morgan fingerprint density at radius 3 is 2.57 bits per heavy atom. The number of hydrogen-bond acceptors (Lipinski definition) is 7. The number of rotatable bonds is 8. The molecule has 0 saturated carbocycles. The largest absolute Gasteiger partial charge is 0.497 e. The highest BCUT2D eigenvalue weighted by molar-refractivity contribution is 7.98. The molecule has 5 rings (SSSR count). The van der Waals surface area contributed by atoms with Gasteiger partial charge in [-0.1, -0.05) is 48.2 Å². The van der Waals surface area contributed by atoms with Gasteiger partial charge in [-0.2, -0.15) is 0 Å². The molecule has 8 heteroatoms. The fourth-order valence-electron chi connectivity index (χ4n) is 3.78. The van der Waals surface area contributed by atoms with Crippen molar-refractivity contribution in [3.63, 3.8) is 0 Å². The predicted octanol–water partition coefficient (Wildman–Crippen LogP) is 5.56. The minimum absolute atomic E-state index is 0.269. The number of ether oxygens (including phenoxy) is 2. The molecule has 0 amide bonds. The molecule has 0 aliphatic heterocycles. The van der Waals surface area contributed by atoms with Crippen LogP contribution in [0.5, 0.6) is 11.5 Å². The zero-order chi connectivity index (χ0) is 24.2. The third-order valence-corrected chi connectivity index (χ3v) is 6.54. The van der Waals surface area contributed by atoms with Gasteiger partial charge in [0.15, 0.2) is 11.0 Å². The van der Waals surface area contributed by atoms with Crippen LogP contribution in [0.2, 0.25) is 0 Å². The molecule has 0 aliphatic carbocycles. The van der Waals surface area contributed by atoms with Crippen LogP contribution >= 0.6 is 11.8 Å². The molecule has 0 N–H and O–H groups in total. The lowest BCUT2D eigenvalue weighted by atomic mass is 10.1. The average Bonchev–Trinajstić information content (AvgIpc) is 3.29. The fraction of sp³-hybridized carbons (Fsp3) is 0.148. The molecule has 7 nitrogen and oxygen atoms in total. The van der Waals surface area contributed by atoms with Crippen molar-refractivity contribution in [2.24, 2.45) is 0 Å². The van der Waals surface area contributed by atoms with E-state index in [-0.39, 0.29) is 6.61 Å². The predicted molar refractivity (Wildman–Crippen MR) is 135 cm³/mol. The summed E-state index contributed by atoms with van der Waals surface area (Å²) in [6.07, 6.45) is 0. The number of fused-ring (bicyclic) bond motifs is 1. The number of hydrogen-bond donors (Lipinski definition) is 0. The highest BCUT2D eigenvalue weighted by Crippen LogP contribution is 2.30. The Bertz CT molecular complexity index is 1530. The number of nitrogens with zero attached hydrogens (tertiary/aromatic N) is 3. The van der Waals surface area contributed by atoms with Gasteiger partial charge in [0.1, 0.15) is 23.7 Å². The molecule has 0 fully saturated rings. The molecule has 3 aromatic carbocycles. The first-order chi connectivity index (χ1) is 17.1. The van der Waals surface area contributed by atoms with Gasteiger partial charge in [0.05, 0.1) is 7.11 Å². The summed E-state index contributed by atoms with van der Waals surface area (Å²) in [7, 11) is 1.58. The lowest BCUT2D eigenvalue weighted by molar-refractivity contribution is 0.291. The van der Waals surface area contributed by atoms with Gasteiger partial charge in [-0.15, -0.1) is 10.2 Å². The summed E-state index contributed by atoms with van der Waals surface area (Å²) in [6, 6.07) is 24.8. The van der Waals surface area contributed by atoms with Crippen molar-refractivity contribution in [2.75, 3.05) is 7.11 Å². The molecule has 2 heterocycles. The number of methoxy groups -OCH3 is 1. The third kappa shape index (κ3) is 4.93. The number of thioether (sulfide) groups is 1. The van der Waals surface area contributed by atoms with Gasteiger partial charge in [-0.25, -0.2) is 4.79 Å². The molecule has 2 aromatic heterocycles. The number of aromatic nitrogens is 3. The maximum atomic E-state index is 12.2. The Balaban J connectivity index is 1.45. The zero-order valence-corrected chi connectivity index (χ0v) is 20.1. The summed E-state index contributed by atoms with van der Waals surface area (Å²) >= 11 is 1.50. The lowest BCUT2D eigenvalue weighted by Gasteiger charge is -2.12. The monoisotopic (exact) mass is 485 g/mol. The van der Waals surface area contributed by atoms with E-state index in [0.717, 1.165) is 28.0 Å². The van der Waals surface area contributed by atoms with Crippen molar-refractivity contribution in [3.05, 3.63) is 106 Å². The van der Waals surface area contributed by atoms with E-state index < -0.39 is 5.63 Å². The van der Waals surface area contributed by atoms with E-state index in [1.54, 1.807) is 13.2 Å². The molecule has 0 bridgehead atoms. The second-order valence-corrected chi connectivity index (χ2v) is 8.81. The lowest BCUT2D eigenvalue weighted by Crippen LogP contribution is -2.07. The van der Waals surface area contributed by atoms with E-state index in [0.29, 0.717) is 28.1 Å². The Labute approximate surface area is 206 Å². The fourth-order valence-corrected chi connectivity index (χ4v) is 4.75. The molecule has 176 valence electrons. The van der Waals surface area contributed by atoms with Crippen LogP contribution in [0.15, 0.2) is 93.2 Å². The number of benzene rings is 3. The van der Waals surface area contributed by atoms with E-state index in [1.165, 1.54) is 17.8 Å². The van der Waals surface area contributed by atoms with E-state index in [9.17, 15) is 4.79 Å². The molecule has 0 spiro atoms. The van der Waals surface area contributed by atoms with Crippen LogP contribution in [0.3, 0.4) is 0 Å². The molecule has 0 unspecified atom stereocenters. The maximum absolute atomic E-state index is 12.2. The van der Waals surface area contributed by atoms with E-state index >= 15 is 0 Å². The van der Waals surface area contributed by atoms with Crippen molar-refractivity contribution in [2.45, 2.75) is 24.4 Å². The van der Waals surface area contributed by atoms with Crippen LogP contribution in [-0.2, 0) is 12.4 Å². The summed E-state index contributed by atoms with van der Waals surface area (Å²) in [5, 5.41) is 10.4. The average molecular weight is 486 g/mol. The van der Waals surface area contributed by atoms with Crippen molar-refractivity contribution in [1.29, 1.82) is 0 Å². The Morgan fingerprint density at radius 2 is 1.77 bits per heavy atom. The topological polar surface area (TPSA) is 79.4 Å². The van der Waals surface area contributed by atoms with Crippen LogP contribution in [0.4, 0.5) is 0 Å². The van der Waals surface area contributed by atoms with Gasteiger partial charge in [-0.05, 0) is 48.4 Å². The van der Waals surface area contributed by atoms with Gasteiger partial charge in [0.2, 0.25) is 0 Å². The van der Waals surface area contributed by atoms with Crippen molar-refractivity contribution < 1.29 is 13.9 Å². The summed E-state index contributed by atoms with van der Waals surface area (Å²) < 4.78 is 18.7. The third-order valence-electron chi connectivity index (χ3n) is 5.56. The standard InChI is InChI=1S/C27H23N3O4S/c1-18-8-6-7-11-23(18)33-16-25-28-29-27(30(25)20-9-4-3-5-10-20)35-17-19-14-26(31)34-24-15-21(32-2)12-13-22(19)24/h3-15H,16-17H2,1-2H3. The summed E-state index contributed by atoms with van der Waals surface area (Å²) in [6.45, 7) is 2.28. The molecular weight excluding hydrogens is 462 g/mol. The molecular formula is C27H23N3O4S. The minimum Gasteiger partial charge on any atom is -0.497 e. The van der Waals surface area contributed by atoms with Crippen molar-refractivity contribution in [1.82, 2.24) is 14.8 Å². The second kappa shape index (κ2) is 10.1. The summed E-state index contributed by atoms with van der Waals surface area (Å²) in [5.74, 6) is 2.64. The van der Waals surface area contributed by atoms with Gasteiger partial charge < -0.3 is 13.9 Å². The van der Waals surface area contributed by atoms with Crippen LogP contribution in [0, 0.1) is 6.92 Å². The van der Waals surface area contributed by atoms with Gasteiger partial charge >= 0.3 is 5.63 Å². The van der Waals surface area contributed by atoms with Crippen LogP contribution < -0.4 is 15.1 Å². The van der Waals surface area contributed by atoms with Gasteiger partial charge in [0, 0.05) is 29.0 Å². The van der Waals surface area contributed by atoms with Gasteiger partial charge in [-0.3, -0.25) is 4.57 Å². The molecule has 0 atom stereocenters. The smallest absolute Gasteiger partial charge is 0.336 e. The Morgan fingerprint density at radius 1 is 0.971 bits per heavy atom. The SMILES string of the molecule is COc1ccc2c(CSc3nnc(COc4ccccc4C)n3-c3ccccc3)cc(=O)oc2c1. The first-order valence-electron chi connectivity index (χ1n) is 11.0. The second-order valence-electron chi connectivity index (χ2n) is 7.87. The highest BCUT2D eigenvalue weighted by Gasteiger charge is 2.17. The summed E-state index contributed by atoms with van der Waals surface area (Å²) in [4.78, 5) is 12.2. The van der Waals surface area contributed by atoms with Gasteiger partial charge in [0.25, 0.3) is 0 Å². The quantitative estimate of drug-likeness (QED) is 0.210. The van der Waals surface area contributed by atoms with Crippen molar-refractivity contribution in [3.8, 4) is 17.2 Å². The summed E-state index contributed by atoms with van der Waals surface area (Å²) in [5.41, 5.74) is 2.93. The number of aryl methyl sites for hydroxylation is 1.